The molecule has 0 aliphatic heterocycles. The summed E-state index contributed by atoms with van der Waals surface area (Å²) in [5, 5.41) is 0. The summed E-state index contributed by atoms with van der Waals surface area (Å²) in [4.78, 5) is 12.1. The monoisotopic (exact) mass is 296 g/mol. The highest BCUT2D eigenvalue weighted by atomic mass is 79.9. The SMILES string of the molecule is Cc1cc(C(=O)c2cc(Br)ccc2F)c(C)o1. The zero-order valence-electron chi connectivity index (χ0n) is 9.38. The fraction of sp³-hybridized carbons (Fsp3) is 0.154. The molecule has 0 aliphatic carbocycles. The zero-order chi connectivity index (χ0) is 12.6. The summed E-state index contributed by atoms with van der Waals surface area (Å²) in [6.07, 6.45) is 0. The summed E-state index contributed by atoms with van der Waals surface area (Å²) < 4.78 is 19.5. The van der Waals surface area contributed by atoms with E-state index in [2.05, 4.69) is 15.9 Å². The van der Waals surface area contributed by atoms with Crippen LogP contribution in [0.15, 0.2) is 33.2 Å². The molecule has 0 spiro atoms. The molecule has 0 saturated heterocycles. The Morgan fingerprint density at radius 2 is 1.94 bits per heavy atom. The fourth-order valence-electron chi connectivity index (χ4n) is 1.67. The van der Waals surface area contributed by atoms with Crippen LogP contribution < -0.4 is 0 Å². The molecule has 0 radical (unpaired) electrons. The second kappa shape index (κ2) is 4.45. The fourth-order valence-corrected chi connectivity index (χ4v) is 2.03. The van der Waals surface area contributed by atoms with Gasteiger partial charge in [0, 0.05) is 4.47 Å². The molecule has 17 heavy (non-hydrogen) atoms. The summed E-state index contributed by atoms with van der Waals surface area (Å²) >= 11 is 3.22. The number of ketones is 1. The Hall–Kier alpha value is -1.42. The zero-order valence-corrected chi connectivity index (χ0v) is 11.0. The average Bonchev–Trinajstić information content (AvgIpc) is 2.60. The van der Waals surface area contributed by atoms with Crippen LogP contribution in [0.4, 0.5) is 4.39 Å². The van der Waals surface area contributed by atoms with Crippen LogP contribution in [0.2, 0.25) is 0 Å². The van der Waals surface area contributed by atoms with Crippen molar-refractivity contribution in [3.8, 4) is 0 Å². The quantitative estimate of drug-likeness (QED) is 0.783. The van der Waals surface area contributed by atoms with Crippen LogP contribution in [-0.4, -0.2) is 5.78 Å². The molecule has 1 aromatic heterocycles. The summed E-state index contributed by atoms with van der Waals surface area (Å²) in [7, 11) is 0. The molecule has 2 aromatic rings. The van der Waals surface area contributed by atoms with E-state index in [1.54, 1.807) is 26.0 Å². The van der Waals surface area contributed by atoms with Gasteiger partial charge < -0.3 is 4.42 Å². The number of aryl methyl sites for hydroxylation is 2. The first kappa shape index (κ1) is 12.0. The number of rotatable bonds is 2. The molecule has 1 aromatic carbocycles. The van der Waals surface area contributed by atoms with E-state index in [-0.39, 0.29) is 11.3 Å². The molecular formula is C13H10BrFO2. The van der Waals surface area contributed by atoms with Gasteiger partial charge in [0.25, 0.3) is 0 Å². The lowest BCUT2D eigenvalue weighted by molar-refractivity contribution is 0.103. The summed E-state index contributed by atoms with van der Waals surface area (Å²) in [5.41, 5.74) is 0.447. The van der Waals surface area contributed by atoms with Crippen LogP contribution in [0, 0.1) is 19.7 Å². The van der Waals surface area contributed by atoms with Crippen LogP contribution in [0.1, 0.15) is 27.4 Å². The maximum atomic E-state index is 13.6. The molecule has 2 rings (SSSR count). The Labute approximate surface area is 107 Å². The van der Waals surface area contributed by atoms with Gasteiger partial charge in [-0.3, -0.25) is 4.79 Å². The second-order valence-corrected chi connectivity index (χ2v) is 4.70. The molecule has 4 heteroatoms. The van der Waals surface area contributed by atoms with Crippen molar-refractivity contribution in [3.63, 3.8) is 0 Å². The lowest BCUT2D eigenvalue weighted by Gasteiger charge is -2.02. The molecule has 2 nitrogen and oxygen atoms in total. The van der Waals surface area contributed by atoms with Crippen molar-refractivity contribution in [1.82, 2.24) is 0 Å². The second-order valence-electron chi connectivity index (χ2n) is 3.78. The number of carbonyl (C=O) groups excluding carboxylic acids is 1. The number of hydrogen-bond acceptors (Lipinski definition) is 2. The molecular weight excluding hydrogens is 287 g/mol. The molecule has 0 amide bonds. The van der Waals surface area contributed by atoms with Gasteiger partial charge in [0.05, 0.1) is 11.1 Å². The topological polar surface area (TPSA) is 30.2 Å². The minimum Gasteiger partial charge on any atom is -0.466 e. The Morgan fingerprint density at radius 3 is 2.53 bits per heavy atom. The molecule has 0 atom stereocenters. The first-order valence-electron chi connectivity index (χ1n) is 5.06. The van der Waals surface area contributed by atoms with E-state index in [9.17, 15) is 9.18 Å². The third kappa shape index (κ3) is 2.31. The van der Waals surface area contributed by atoms with Crippen molar-refractivity contribution in [2.75, 3.05) is 0 Å². The van der Waals surface area contributed by atoms with Gasteiger partial charge in [0.2, 0.25) is 0 Å². The van der Waals surface area contributed by atoms with Gasteiger partial charge >= 0.3 is 0 Å². The van der Waals surface area contributed by atoms with Crippen molar-refractivity contribution in [2.45, 2.75) is 13.8 Å². The Kier molecular flexibility index (Phi) is 3.15. The average molecular weight is 297 g/mol. The summed E-state index contributed by atoms with van der Waals surface area (Å²) in [5.74, 6) is 0.253. The standard InChI is InChI=1S/C13H10BrFO2/c1-7-5-10(8(2)17-7)13(16)11-6-9(14)3-4-12(11)15/h3-6H,1-2H3. The lowest BCUT2D eigenvalue weighted by Crippen LogP contribution is -2.04. The maximum Gasteiger partial charge on any atom is 0.199 e. The predicted octanol–water partition coefficient (Wildman–Crippen LogP) is 4.03. The lowest BCUT2D eigenvalue weighted by atomic mass is 10.0. The minimum atomic E-state index is -0.531. The highest BCUT2D eigenvalue weighted by Crippen LogP contribution is 2.22. The normalized spacial score (nSPS) is 10.6. The first-order chi connectivity index (χ1) is 7.99. The van der Waals surface area contributed by atoms with E-state index in [0.717, 1.165) is 0 Å². The first-order valence-corrected chi connectivity index (χ1v) is 5.85. The van der Waals surface area contributed by atoms with Crippen molar-refractivity contribution in [3.05, 3.63) is 57.2 Å². The largest absolute Gasteiger partial charge is 0.466 e. The van der Waals surface area contributed by atoms with Crippen molar-refractivity contribution >= 4 is 21.7 Å². The molecule has 0 fully saturated rings. The van der Waals surface area contributed by atoms with E-state index < -0.39 is 5.82 Å². The highest BCUT2D eigenvalue weighted by Gasteiger charge is 2.19. The van der Waals surface area contributed by atoms with E-state index in [4.69, 9.17) is 4.42 Å². The van der Waals surface area contributed by atoms with E-state index in [1.165, 1.54) is 12.1 Å². The van der Waals surface area contributed by atoms with Crippen LogP contribution in [0.3, 0.4) is 0 Å². The molecule has 0 N–H and O–H groups in total. The number of halogens is 2. The Morgan fingerprint density at radius 1 is 1.24 bits per heavy atom. The van der Waals surface area contributed by atoms with E-state index in [0.29, 0.717) is 21.6 Å². The third-order valence-electron chi connectivity index (χ3n) is 2.46. The van der Waals surface area contributed by atoms with Gasteiger partial charge in [-0.25, -0.2) is 4.39 Å². The van der Waals surface area contributed by atoms with Crippen molar-refractivity contribution in [1.29, 1.82) is 0 Å². The Balaban J connectivity index is 2.50. The van der Waals surface area contributed by atoms with Gasteiger partial charge in [0.15, 0.2) is 5.78 Å². The van der Waals surface area contributed by atoms with E-state index >= 15 is 0 Å². The van der Waals surface area contributed by atoms with Crippen LogP contribution in [0.25, 0.3) is 0 Å². The predicted molar refractivity (Wildman–Crippen MR) is 65.7 cm³/mol. The molecule has 0 aliphatic rings. The van der Waals surface area contributed by atoms with Crippen molar-refractivity contribution < 1.29 is 13.6 Å². The van der Waals surface area contributed by atoms with Crippen LogP contribution in [0.5, 0.6) is 0 Å². The van der Waals surface area contributed by atoms with E-state index in [1.807, 2.05) is 0 Å². The minimum absolute atomic E-state index is 0.0447. The Bertz CT molecular complexity index is 587. The number of hydrogen-bond donors (Lipinski definition) is 0. The smallest absolute Gasteiger partial charge is 0.199 e. The third-order valence-corrected chi connectivity index (χ3v) is 2.95. The van der Waals surface area contributed by atoms with Gasteiger partial charge in [-0.05, 0) is 38.1 Å². The van der Waals surface area contributed by atoms with Gasteiger partial charge in [-0.2, -0.15) is 0 Å². The molecule has 0 bridgehead atoms. The molecule has 1 heterocycles. The van der Waals surface area contributed by atoms with Crippen LogP contribution >= 0.6 is 15.9 Å². The van der Waals surface area contributed by atoms with Gasteiger partial charge in [-0.15, -0.1) is 0 Å². The molecule has 88 valence electrons. The van der Waals surface area contributed by atoms with Crippen LogP contribution in [-0.2, 0) is 0 Å². The summed E-state index contributed by atoms with van der Waals surface area (Å²) in [6.45, 7) is 3.44. The number of carbonyl (C=O) groups is 1. The molecule has 0 unspecified atom stereocenters. The van der Waals surface area contributed by atoms with Crippen molar-refractivity contribution in [2.24, 2.45) is 0 Å². The number of furan rings is 1. The van der Waals surface area contributed by atoms with Gasteiger partial charge in [-0.1, -0.05) is 15.9 Å². The highest BCUT2D eigenvalue weighted by molar-refractivity contribution is 9.10. The van der Waals surface area contributed by atoms with Gasteiger partial charge in [0.1, 0.15) is 17.3 Å². The molecule has 0 saturated carbocycles. The number of benzene rings is 1. The maximum absolute atomic E-state index is 13.6. The summed E-state index contributed by atoms with van der Waals surface area (Å²) in [6, 6.07) is 5.91.